The van der Waals surface area contributed by atoms with Gasteiger partial charge in [-0.25, -0.2) is 4.98 Å². The van der Waals surface area contributed by atoms with Gasteiger partial charge in [0.25, 0.3) is 5.88 Å². The molecule has 0 atom stereocenters. The molecule has 1 rings (SSSR count). The van der Waals surface area contributed by atoms with E-state index in [0.717, 1.165) is 0 Å². The summed E-state index contributed by atoms with van der Waals surface area (Å²) in [5.74, 6) is 0.999. The average molecular weight is 248 g/mol. The van der Waals surface area contributed by atoms with Crippen LogP contribution in [0.15, 0.2) is 16.7 Å². The molecule has 5 heteroatoms. The number of pyridine rings is 1. The Morgan fingerprint density at radius 2 is 2.15 bits per heavy atom. The fourth-order valence-electron chi connectivity index (χ4n) is 0.784. The van der Waals surface area contributed by atoms with Crippen LogP contribution in [0.3, 0.4) is 0 Å². The number of methoxy groups -OCH3 is 2. The quantitative estimate of drug-likeness (QED) is 0.602. The molecule has 1 aromatic rings. The lowest BCUT2D eigenvalue weighted by Gasteiger charge is -2.08. The van der Waals surface area contributed by atoms with Crippen LogP contribution < -0.4 is 9.47 Å². The average Bonchev–Trinajstić information content (AvgIpc) is 2.16. The highest BCUT2D eigenvalue weighted by atomic mass is 79.9. The van der Waals surface area contributed by atoms with E-state index >= 15 is 0 Å². The van der Waals surface area contributed by atoms with Crippen molar-refractivity contribution in [2.75, 3.05) is 21.0 Å². The number of aromatic nitrogens is 1. The Balaban J connectivity index is 2.79. The molecule has 0 radical (unpaired) electrons. The second kappa shape index (κ2) is 5.04. The molecule has 0 aliphatic rings. The van der Waals surface area contributed by atoms with Crippen LogP contribution in [0.2, 0.25) is 0 Å². The summed E-state index contributed by atoms with van der Waals surface area (Å²) in [6.45, 7) is 0.180. The van der Waals surface area contributed by atoms with E-state index in [9.17, 15) is 0 Å². The Bertz CT molecular complexity index is 280. The van der Waals surface area contributed by atoms with Gasteiger partial charge < -0.3 is 14.2 Å². The minimum absolute atomic E-state index is 0.180. The van der Waals surface area contributed by atoms with E-state index in [-0.39, 0.29) is 6.79 Å². The smallest absolute Gasteiger partial charge is 0.257 e. The fourth-order valence-corrected chi connectivity index (χ4v) is 1.08. The SMILES string of the molecule is COCOc1ccc(Br)nc1OC. The van der Waals surface area contributed by atoms with E-state index in [0.29, 0.717) is 16.2 Å². The monoisotopic (exact) mass is 247 g/mol. The van der Waals surface area contributed by atoms with Crippen LogP contribution >= 0.6 is 15.9 Å². The summed E-state index contributed by atoms with van der Waals surface area (Å²) < 4.78 is 15.7. The van der Waals surface area contributed by atoms with Crippen molar-refractivity contribution in [3.05, 3.63) is 16.7 Å². The van der Waals surface area contributed by atoms with Crippen LogP contribution in [0.25, 0.3) is 0 Å². The molecule has 0 fully saturated rings. The lowest BCUT2D eigenvalue weighted by atomic mass is 10.4. The maximum absolute atomic E-state index is 5.20. The number of halogens is 1. The summed E-state index contributed by atoms with van der Waals surface area (Å²) in [6, 6.07) is 3.53. The normalized spacial score (nSPS) is 9.77. The Labute approximate surface area is 85.0 Å². The van der Waals surface area contributed by atoms with Crippen LogP contribution in [0.1, 0.15) is 0 Å². The Hall–Kier alpha value is -0.810. The van der Waals surface area contributed by atoms with Crippen molar-refractivity contribution >= 4 is 15.9 Å². The molecule has 0 aromatic carbocycles. The zero-order valence-corrected chi connectivity index (χ0v) is 9.00. The summed E-state index contributed by atoms with van der Waals surface area (Å²) >= 11 is 3.23. The van der Waals surface area contributed by atoms with Crippen molar-refractivity contribution in [2.45, 2.75) is 0 Å². The van der Waals surface area contributed by atoms with Gasteiger partial charge in [0.05, 0.1) is 7.11 Å². The maximum Gasteiger partial charge on any atom is 0.257 e. The van der Waals surface area contributed by atoms with Crippen molar-refractivity contribution in [1.82, 2.24) is 4.98 Å². The van der Waals surface area contributed by atoms with Gasteiger partial charge in [-0.3, -0.25) is 0 Å². The molecule has 0 spiro atoms. The van der Waals surface area contributed by atoms with E-state index in [1.807, 2.05) is 0 Å². The van der Waals surface area contributed by atoms with E-state index < -0.39 is 0 Å². The van der Waals surface area contributed by atoms with Crippen molar-refractivity contribution in [2.24, 2.45) is 0 Å². The largest absolute Gasteiger partial charge is 0.478 e. The van der Waals surface area contributed by atoms with E-state index in [2.05, 4.69) is 20.9 Å². The highest BCUT2D eigenvalue weighted by molar-refractivity contribution is 9.10. The zero-order chi connectivity index (χ0) is 9.68. The summed E-state index contributed by atoms with van der Waals surface area (Å²) in [5, 5.41) is 0. The molecule has 4 nitrogen and oxygen atoms in total. The molecule has 1 heterocycles. The molecule has 0 saturated carbocycles. The molecule has 1 aromatic heterocycles. The van der Waals surface area contributed by atoms with E-state index in [1.54, 1.807) is 19.2 Å². The van der Waals surface area contributed by atoms with Gasteiger partial charge >= 0.3 is 0 Å². The number of hydrogen-bond donors (Lipinski definition) is 0. The van der Waals surface area contributed by atoms with Gasteiger partial charge in [-0.05, 0) is 28.1 Å². The lowest BCUT2D eigenvalue weighted by Crippen LogP contribution is -2.01. The predicted molar refractivity (Wildman–Crippen MR) is 51.0 cm³/mol. The second-order valence-corrected chi connectivity index (χ2v) is 3.00. The molecule has 0 aliphatic carbocycles. The molecule has 0 saturated heterocycles. The fraction of sp³-hybridized carbons (Fsp3) is 0.375. The van der Waals surface area contributed by atoms with Crippen LogP contribution in [-0.2, 0) is 4.74 Å². The lowest BCUT2D eigenvalue weighted by molar-refractivity contribution is 0.0486. The Kier molecular flexibility index (Phi) is 3.98. The summed E-state index contributed by atoms with van der Waals surface area (Å²) in [7, 11) is 3.09. The van der Waals surface area contributed by atoms with Crippen LogP contribution in [0.5, 0.6) is 11.6 Å². The molecule has 0 N–H and O–H groups in total. The third-order valence-corrected chi connectivity index (χ3v) is 1.76. The van der Waals surface area contributed by atoms with Crippen LogP contribution in [-0.4, -0.2) is 26.0 Å². The Morgan fingerprint density at radius 1 is 1.38 bits per heavy atom. The molecular formula is C8H10BrNO3. The van der Waals surface area contributed by atoms with Crippen LogP contribution in [0.4, 0.5) is 0 Å². The van der Waals surface area contributed by atoms with E-state index in [4.69, 9.17) is 14.2 Å². The summed E-state index contributed by atoms with van der Waals surface area (Å²) in [5.41, 5.74) is 0. The van der Waals surface area contributed by atoms with Crippen molar-refractivity contribution < 1.29 is 14.2 Å². The first-order valence-electron chi connectivity index (χ1n) is 3.60. The van der Waals surface area contributed by atoms with E-state index in [1.165, 1.54) is 7.11 Å². The third-order valence-electron chi connectivity index (χ3n) is 1.32. The molecule has 0 unspecified atom stereocenters. The van der Waals surface area contributed by atoms with Crippen molar-refractivity contribution in [3.63, 3.8) is 0 Å². The molecule has 0 amide bonds. The van der Waals surface area contributed by atoms with Gasteiger partial charge in [0.15, 0.2) is 12.5 Å². The van der Waals surface area contributed by atoms with Gasteiger partial charge in [-0.1, -0.05) is 0 Å². The first-order chi connectivity index (χ1) is 6.27. The van der Waals surface area contributed by atoms with Gasteiger partial charge in [0.2, 0.25) is 0 Å². The number of ether oxygens (including phenoxy) is 3. The minimum Gasteiger partial charge on any atom is -0.478 e. The van der Waals surface area contributed by atoms with Crippen LogP contribution in [0, 0.1) is 0 Å². The highest BCUT2D eigenvalue weighted by Crippen LogP contribution is 2.26. The molecule has 0 bridgehead atoms. The van der Waals surface area contributed by atoms with Gasteiger partial charge in [-0.15, -0.1) is 0 Å². The van der Waals surface area contributed by atoms with Gasteiger partial charge in [0, 0.05) is 7.11 Å². The van der Waals surface area contributed by atoms with Crippen molar-refractivity contribution in [3.8, 4) is 11.6 Å². The molecular weight excluding hydrogens is 238 g/mol. The number of nitrogens with zero attached hydrogens (tertiary/aromatic N) is 1. The number of rotatable bonds is 4. The summed E-state index contributed by atoms with van der Waals surface area (Å²) in [4.78, 5) is 4.06. The predicted octanol–water partition coefficient (Wildman–Crippen LogP) is 1.84. The third kappa shape index (κ3) is 2.86. The van der Waals surface area contributed by atoms with Gasteiger partial charge in [0.1, 0.15) is 4.60 Å². The second-order valence-electron chi connectivity index (χ2n) is 2.19. The first-order valence-corrected chi connectivity index (χ1v) is 4.39. The summed E-state index contributed by atoms with van der Waals surface area (Å²) in [6.07, 6.45) is 0. The topological polar surface area (TPSA) is 40.6 Å². The minimum atomic E-state index is 0.180. The van der Waals surface area contributed by atoms with Gasteiger partial charge in [-0.2, -0.15) is 0 Å². The standard InChI is InChI=1S/C8H10BrNO3/c1-11-5-13-6-3-4-7(9)10-8(6)12-2/h3-4H,5H2,1-2H3. The molecule has 0 aliphatic heterocycles. The zero-order valence-electron chi connectivity index (χ0n) is 7.41. The Morgan fingerprint density at radius 3 is 2.77 bits per heavy atom. The maximum atomic E-state index is 5.20. The molecule has 13 heavy (non-hydrogen) atoms. The van der Waals surface area contributed by atoms with Crippen molar-refractivity contribution in [1.29, 1.82) is 0 Å². The molecule has 72 valence electrons. The first kappa shape index (κ1) is 10.3. The highest BCUT2D eigenvalue weighted by Gasteiger charge is 2.05. The number of hydrogen-bond acceptors (Lipinski definition) is 4.